The van der Waals surface area contributed by atoms with E-state index >= 15 is 0 Å². The van der Waals surface area contributed by atoms with Gasteiger partial charge in [-0.3, -0.25) is 0 Å². The second kappa shape index (κ2) is 5.79. The van der Waals surface area contributed by atoms with Crippen LogP contribution in [0.5, 0.6) is 0 Å². The fourth-order valence-corrected chi connectivity index (χ4v) is 3.07. The molecule has 0 heterocycles. The van der Waals surface area contributed by atoms with E-state index in [9.17, 15) is 0 Å². The minimum absolute atomic E-state index is 0.564. The van der Waals surface area contributed by atoms with Gasteiger partial charge in [-0.1, -0.05) is 18.2 Å². The van der Waals surface area contributed by atoms with Crippen LogP contribution in [0.15, 0.2) is 46.9 Å². The molecule has 1 fully saturated rings. The Morgan fingerprint density at radius 3 is 2.62 bits per heavy atom. The number of halogens is 1. The van der Waals surface area contributed by atoms with Crippen molar-refractivity contribution in [3.8, 4) is 6.07 Å². The molecule has 0 saturated heterocycles. The van der Waals surface area contributed by atoms with E-state index in [1.165, 1.54) is 12.8 Å². The molecule has 1 aliphatic carbocycles. The van der Waals surface area contributed by atoms with Crippen molar-refractivity contribution in [3.63, 3.8) is 0 Å². The van der Waals surface area contributed by atoms with Gasteiger partial charge in [-0.05, 0) is 58.6 Å². The molecule has 2 aromatic carbocycles. The molecule has 0 unspecified atom stereocenters. The Balaban J connectivity index is 1.92. The lowest BCUT2D eigenvalue weighted by Gasteiger charge is -2.26. The first-order valence-electron chi connectivity index (χ1n) is 6.98. The Bertz CT molecular complexity index is 701. The molecule has 3 rings (SSSR count). The van der Waals surface area contributed by atoms with E-state index in [1.807, 2.05) is 36.4 Å². The maximum Gasteiger partial charge on any atom is 0.0992 e. The number of nitrogens with zero attached hydrogens (tertiary/aromatic N) is 2. The summed E-state index contributed by atoms with van der Waals surface area (Å²) in [5.41, 5.74) is 9.83. The maximum atomic E-state index is 8.98. The van der Waals surface area contributed by atoms with Crippen molar-refractivity contribution < 1.29 is 0 Å². The minimum atomic E-state index is 0.564. The zero-order valence-electron chi connectivity index (χ0n) is 11.6. The SMILES string of the molecule is N#Cc1ccc(N(Cc2ccccc2N)C2CC2)c(Br)c1. The number of para-hydroxylation sites is 1. The molecule has 0 aliphatic heterocycles. The second-order valence-corrected chi connectivity index (χ2v) is 6.19. The van der Waals surface area contributed by atoms with Crippen molar-refractivity contribution in [2.24, 2.45) is 0 Å². The standard InChI is InChI=1S/C17H16BrN3/c18-15-9-12(10-19)5-8-17(15)21(14-6-7-14)11-13-3-1-2-4-16(13)20/h1-5,8-9,14H,6-7,11,20H2. The third kappa shape index (κ3) is 3.03. The molecule has 0 radical (unpaired) electrons. The number of hydrogen-bond donors (Lipinski definition) is 1. The minimum Gasteiger partial charge on any atom is -0.398 e. The number of rotatable bonds is 4. The zero-order chi connectivity index (χ0) is 14.8. The number of hydrogen-bond acceptors (Lipinski definition) is 3. The highest BCUT2D eigenvalue weighted by Gasteiger charge is 2.30. The summed E-state index contributed by atoms with van der Waals surface area (Å²) >= 11 is 3.59. The Labute approximate surface area is 133 Å². The monoisotopic (exact) mass is 341 g/mol. The van der Waals surface area contributed by atoms with Crippen molar-refractivity contribution in [1.29, 1.82) is 5.26 Å². The lowest BCUT2D eigenvalue weighted by molar-refractivity contribution is 0.794. The summed E-state index contributed by atoms with van der Waals surface area (Å²) < 4.78 is 0.961. The van der Waals surface area contributed by atoms with Crippen LogP contribution in [0.4, 0.5) is 11.4 Å². The van der Waals surface area contributed by atoms with E-state index in [2.05, 4.69) is 33.0 Å². The van der Waals surface area contributed by atoms with Gasteiger partial charge in [0.25, 0.3) is 0 Å². The van der Waals surface area contributed by atoms with Gasteiger partial charge in [0.1, 0.15) is 0 Å². The van der Waals surface area contributed by atoms with Gasteiger partial charge in [0.05, 0.1) is 17.3 Å². The van der Waals surface area contributed by atoms with Gasteiger partial charge in [-0.15, -0.1) is 0 Å². The molecular formula is C17H16BrN3. The summed E-state index contributed by atoms with van der Waals surface area (Å²) in [6, 6.07) is 16.5. The van der Waals surface area contributed by atoms with Gasteiger partial charge in [0.15, 0.2) is 0 Å². The molecule has 2 N–H and O–H groups in total. The summed E-state index contributed by atoms with van der Waals surface area (Å²) in [5, 5.41) is 8.98. The van der Waals surface area contributed by atoms with E-state index in [0.717, 1.165) is 28.0 Å². The quantitative estimate of drug-likeness (QED) is 0.852. The van der Waals surface area contributed by atoms with E-state index in [1.54, 1.807) is 0 Å². The maximum absolute atomic E-state index is 8.98. The highest BCUT2D eigenvalue weighted by atomic mass is 79.9. The van der Waals surface area contributed by atoms with Crippen LogP contribution in [0.2, 0.25) is 0 Å². The number of nitrogen functional groups attached to an aromatic ring is 1. The predicted molar refractivity (Wildman–Crippen MR) is 88.9 cm³/mol. The van der Waals surface area contributed by atoms with Crippen molar-refractivity contribution in [1.82, 2.24) is 0 Å². The largest absolute Gasteiger partial charge is 0.398 e. The van der Waals surface area contributed by atoms with Crippen LogP contribution in [0.3, 0.4) is 0 Å². The lowest BCUT2D eigenvalue weighted by Crippen LogP contribution is -2.25. The first-order chi connectivity index (χ1) is 10.2. The van der Waals surface area contributed by atoms with E-state index < -0.39 is 0 Å². The average Bonchev–Trinajstić information content (AvgIpc) is 3.31. The normalized spacial score (nSPS) is 13.7. The Morgan fingerprint density at radius 1 is 1.24 bits per heavy atom. The van der Waals surface area contributed by atoms with E-state index in [-0.39, 0.29) is 0 Å². The topological polar surface area (TPSA) is 53.0 Å². The fraction of sp³-hybridized carbons (Fsp3) is 0.235. The molecule has 4 heteroatoms. The van der Waals surface area contributed by atoms with Gasteiger partial charge in [0, 0.05) is 22.7 Å². The smallest absolute Gasteiger partial charge is 0.0992 e. The van der Waals surface area contributed by atoms with E-state index in [0.29, 0.717) is 11.6 Å². The third-order valence-corrected chi connectivity index (χ3v) is 4.40. The van der Waals surface area contributed by atoms with Crippen molar-refractivity contribution in [2.45, 2.75) is 25.4 Å². The Kier molecular flexibility index (Phi) is 3.85. The summed E-state index contributed by atoms with van der Waals surface area (Å²) in [6.07, 6.45) is 2.42. The molecule has 0 atom stereocenters. The fourth-order valence-electron chi connectivity index (χ4n) is 2.47. The van der Waals surface area contributed by atoms with Gasteiger partial charge in [0.2, 0.25) is 0 Å². The summed E-state index contributed by atoms with van der Waals surface area (Å²) in [5.74, 6) is 0. The average molecular weight is 342 g/mol. The third-order valence-electron chi connectivity index (χ3n) is 3.77. The second-order valence-electron chi connectivity index (χ2n) is 5.34. The molecular weight excluding hydrogens is 326 g/mol. The van der Waals surface area contributed by atoms with Crippen molar-refractivity contribution in [2.75, 3.05) is 10.6 Å². The van der Waals surface area contributed by atoms with Crippen LogP contribution >= 0.6 is 15.9 Å². The zero-order valence-corrected chi connectivity index (χ0v) is 13.2. The number of nitriles is 1. The first kappa shape index (κ1) is 14.0. The van der Waals surface area contributed by atoms with Crippen molar-refractivity contribution >= 4 is 27.3 Å². The Morgan fingerprint density at radius 2 is 2.00 bits per heavy atom. The molecule has 106 valence electrons. The van der Waals surface area contributed by atoms with E-state index in [4.69, 9.17) is 11.0 Å². The van der Waals surface area contributed by atoms with Crippen molar-refractivity contribution in [3.05, 3.63) is 58.1 Å². The molecule has 0 bridgehead atoms. The predicted octanol–water partition coefficient (Wildman–Crippen LogP) is 4.07. The Hall–Kier alpha value is -1.99. The molecule has 0 amide bonds. The highest BCUT2D eigenvalue weighted by molar-refractivity contribution is 9.10. The molecule has 2 aromatic rings. The van der Waals surface area contributed by atoms with Crippen LogP contribution in [0, 0.1) is 11.3 Å². The molecule has 1 saturated carbocycles. The molecule has 0 aromatic heterocycles. The van der Waals surface area contributed by atoms with Crippen LogP contribution in [0.25, 0.3) is 0 Å². The number of nitrogens with two attached hydrogens (primary N) is 1. The summed E-state index contributed by atoms with van der Waals surface area (Å²) in [7, 11) is 0. The lowest BCUT2D eigenvalue weighted by atomic mass is 10.1. The number of anilines is 2. The highest BCUT2D eigenvalue weighted by Crippen LogP contribution is 2.37. The summed E-state index contributed by atoms with van der Waals surface area (Å²) in [6.45, 7) is 0.793. The first-order valence-corrected chi connectivity index (χ1v) is 7.78. The molecule has 1 aliphatic rings. The van der Waals surface area contributed by atoms with Crippen LogP contribution < -0.4 is 10.6 Å². The molecule has 21 heavy (non-hydrogen) atoms. The van der Waals surface area contributed by atoms with Crippen LogP contribution in [-0.2, 0) is 6.54 Å². The van der Waals surface area contributed by atoms with Gasteiger partial charge in [-0.2, -0.15) is 5.26 Å². The van der Waals surface area contributed by atoms with Crippen LogP contribution in [0.1, 0.15) is 24.0 Å². The van der Waals surface area contributed by atoms with Crippen LogP contribution in [-0.4, -0.2) is 6.04 Å². The van der Waals surface area contributed by atoms with Gasteiger partial charge in [-0.25, -0.2) is 0 Å². The number of benzene rings is 2. The molecule has 0 spiro atoms. The summed E-state index contributed by atoms with van der Waals surface area (Å²) in [4.78, 5) is 2.37. The van der Waals surface area contributed by atoms with Gasteiger partial charge < -0.3 is 10.6 Å². The van der Waals surface area contributed by atoms with Gasteiger partial charge >= 0.3 is 0 Å². The molecule has 3 nitrogen and oxygen atoms in total.